The molecule has 7 heteroatoms. The highest BCUT2D eigenvalue weighted by molar-refractivity contribution is 5.93. The number of hydrogen-bond donors (Lipinski definition) is 2. The first-order valence-electron chi connectivity index (χ1n) is 10.2. The van der Waals surface area contributed by atoms with Crippen LogP contribution in [0.2, 0.25) is 0 Å². The second-order valence-corrected chi connectivity index (χ2v) is 7.72. The summed E-state index contributed by atoms with van der Waals surface area (Å²) in [6, 6.07) is 15.8. The second kappa shape index (κ2) is 8.67. The number of amides is 1. The van der Waals surface area contributed by atoms with Crippen LogP contribution in [-0.4, -0.2) is 54.2 Å². The number of carbonyl (C=O) groups is 1. The van der Waals surface area contributed by atoms with Crippen LogP contribution in [0.25, 0.3) is 11.3 Å². The molecule has 1 aliphatic heterocycles. The van der Waals surface area contributed by atoms with E-state index in [1.165, 1.54) is 12.1 Å². The van der Waals surface area contributed by atoms with Gasteiger partial charge in [-0.1, -0.05) is 30.3 Å². The summed E-state index contributed by atoms with van der Waals surface area (Å²) in [4.78, 5) is 17.3. The number of H-pyrrole nitrogens is 1. The van der Waals surface area contributed by atoms with Crippen LogP contribution in [0.4, 0.5) is 10.1 Å². The maximum atomic E-state index is 14.0. The Balaban J connectivity index is 1.51. The fourth-order valence-corrected chi connectivity index (χ4v) is 3.75. The molecule has 0 radical (unpaired) electrons. The van der Waals surface area contributed by atoms with Gasteiger partial charge in [-0.15, -0.1) is 0 Å². The quantitative estimate of drug-likeness (QED) is 0.680. The Hall–Kier alpha value is -3.19. The highest BCUT2D eigenvalue weighted by Gasteiger charge is 2.22. The van der Waals surface area contributed by atoms with Gasteiger partial charge in [-0.05, 0) is 38.2 Å². The fourth-order valence-electron chi connectivity index (χ4n) is 3.75. The number of likely N-dealkylation sites (N-methyl/N-ethyl adjacent to an activating group) is 1. The first kappa shape index (κ1) is 20.1. The van der Waals surface area contributed by atoms with Gasteiger partial charge < -0.3 is 15.1 Å². The summed E-state index contributed by atoms with van der Waals surface area (Å²) >= 11 is 0. The van der Waals surface area contributed by atoms with E-state index in [-0.39, 0.29) is 17.8 Å². The lowest BCUT2D eigenvalue weighted by molar-refractivity contribution is 0.0935. The summed E-state index contributed by atoms with van der Waals surface area (Å²) in [6.45, 7) is 5.52. The number of halogens is 1. The first-order chi connectivity index (χ1) is 14.5. The van der Waals surface area contributed by atoms with E-state index in [0.717, 1.165) is 43.0 Å². The molecule has 6 nitrogen and oxygen atoms in total. The van der Waals surface area contributed by atoms with Gasteiger partial charge >= 0.3 is 0 Å². The minimum absolute atomic E-state index is 0.272. The SMILES string of the molecule is CC(NC(=O)c1cc(-c2ccccc2)n[nH]1)c1cc(F)ccc1N1CCN(C)CC1. The van der Waals surface area contributed by atoms with E-state index in [2.05, 4.69) is 32.4 Å². The van der Waals surface area contributed by atoms with Crippen molar-refractivity contribution in [3.05, 3.63) is 71.7 Å². The van der Waals surface area contributed by atoms with Crippen LogP contribution in [-0.2, 0) is 0 Å². The smallest absolute Gasteiger partial charge is 0.269 e. The lowest BCUT2D eigenvalue weighted by Gasteiger charge is -2.36. The number of anilines is 1. The zero-order chi connectivity index (χ0) is 21.1. The Morgan fingerprint density at radius 1 is 1.10 bits per heavy atom. The van der Waals surface area contributed by atoms with E-state index in [4.69, 9.17) is 0 Å². The number of nitrogens with one attached hydrogen (secondary N) is 2. The third kappa shape index (κ3) is 4.36. The molecule has 2 aromatic carbocycles. The van der Waals surface area contributed by atoms with Crippen molar-refractivity contribution >= 4 is 11.6 Å². The van der Waals surface area contributed by atoms with Crippen molar-refractivity contribution in [2.24, 2.45) is 0 Å². The van der Waals surface area contributed by atoms with Crippen molar-refractivity contribution in [3.63, 3.8) is 0 Å². The number of hydrogen-bond acceptors (Lipinski definition) is 4. The zero-order valence-corrected chi connectivity index (χ0v) is 17.2. The summed E-state index contributed by atoms with van der Waals surface area (Å²) in [7, 11) is 2.10. The van der Waals surface area contributed by atoms with Crippen molar-refractivity contribution in [2.75, 3.05) is 38.1 Å². The molecule has 3 aromatic rings. The zero-order valence-electron chi connectivity index (χ0n) is 17.2. The van der Waals surface area contributed by atoms with Crippen LogP contribution in [0.15, 0.2) is 54.6 Å². The minimum Gasteiger partial charge on any atom is -0.369 e. The van der Waals surface area contributed by atoms with Crippen LogP contribution in [0.3, 0.4) is 0 Å². The monoisotopic (exact) mass is 407 g/mol. The van der Waals surface area contributed by atoms with Gasteiger partial charge in [-0.25, -0.2) is 4.39 Å². The Labute approximate surface area is 175 Å². The molecule has 156 valence electrons. The molecule has 2 heterocycles. The lowest BCUT2D eigenvalue weighted by atomic mass is 10.0. The summed E-state index contributed by atoms with van der Waals surface area (Å²) in [5, 5.41) is 10.0. The normalized spacial score (nSPS) is 15.8. The molecule has 30 heavy (non-hydrogen) atoms. The summed E-state index contributed by atoms with van der Waals surface area (Å²) in [5.41, 5.74) is 3.75. The van der Waals surface area contributed by atoms with Crippen molar-refractivity contribution in [2.45, 2.75) is 13.0 Å². The maximum absolute atomic E-state index is 14.0. The predicted octanol–water partition coefficient (Wildman–Crippen LogP) is 3.46. The molecule has 0 saturated carbocycles. The van der Waals surface area contributed by atoms with Gasteiger partial charge in [0.2, 0.25) is 0 Å². The second-order valence-electron chi connectivity index (χ2n) is 7.72. The number of nitrogens with zero attached hydrogens (tertiary/aromatic N) is 3. The molecule has 1 amide bonds. The van der Waals surface area contributed by atoms with Gasteiger partial charge in [-0.2, -0.15) is 5.10 Å². The Morgan fingerprint density at radius 2 is 1.83 bits per heavy atom. The third-order valence-corrected chi connectivity index (χ3v) is 5.54. The number of benzene rings is 2. The van der Waals surface area contributed by atoms with Gasteiger partial charge in [0.05, 0.1) is 11.7 Å². The van der Waals surface area contributed by atoms with Crippen LogP contribution in [0.5, 0.6) is 0 Å². The van der Waals surface area contributed by atoms with Crippen molar-refractivity contribution in [3.8, 4) is 11.3 Å². The highest BCUT2D eigenvalue weighted by atomic mass is 19.1. The summed E-state index contributed by atoms with van der Waals surface area (Å²) in [5.74, 6) is -0.581. The molecule has 1 fully saturated rings. The van der Waals surface area contributed by atoms with Gasteiger partial charge in [0, 0.05) is 43.0 Å². The molecule has 1 saturated heterocycles. The molecule has 0 aliphatic carbocycles. The van der Waals surface area contributed by atoms with Crippen LogP contribution < -0.4 is 10.2 Å². The summed E-state index contributed by atoms with van der Waals surface area (Å²) < 4.78 is 14.0. The summed E-state index contributed by atoms with van der Waals surface area (Å²) in [6.07, 6.45) is 0. The molecule has 0 bridgehead atoms. The maximum Gasteiger partial charge on any atom is 0.269 e. The molecule has 1 aliphatic rings. The van der Waals surface area contributed by atoms with Crippen molar-refractivity contribution < 1.29 is 9.18 Å². The van der Waals surface area contributed by atoms with Gasteiger partial charge in [-0.3, -0.25) is 9.89 Å². The Morgan fingerprint density at radius 3 is 2.57 bits per heavy atom. The average Bonchev–Trinajstić information content (AvgIpc) is 3.25. The number of carbonyl (C=O) groups excluding carboxylic acids is 1. The molecule has 1 unspecified atom stereocenters. The first-order valence-corrected chi connectivity index (χ1v) is 10.2. The van der Waals surface area contributed by atoms with Crippen LogP contribution >= 0.6 is 0 Å². The third-order valence-electron chi connectivity index (χ3n) is 5.54. The molecular formula is C23H26FN5O. The standard InChI is InChI=1S/C23H26FN5O/c1-16(19-14-18(24)8-9-22(19)29-12-10-28(2)11-13-29)25-23(30)21-15-20(26-27-21)17-6-4-3-5-7-17/h3-9,14-16H,10-13H2,1-2H3,(H,25,30)(H,26,27). The van der Waals surface area contributed by atoms with Gasteiger partial charge in [0.15, 0.2) is 0 Å². The topological polar surface area (TPSA) is 64.3 Å². The molecular weight excluding hydrogens is 381 g/mol. The number of aromatic nitrogens is 2. The van der Waals surface area contributed by atoms with E-state index in [1.807, 2.05) is 43.3 Å². The molecule has 4 rings (SSSR count). The van der Waals surface area contributed by atoms with Crippen molar-refractivity contribution in [1.82, 2.24) is 20.4 Å². The number of piperazine rings is 1. The molecule has 1 aromatic heterocycles. The number of aromatic amines is 1. The highest BCUT2D eigenvalue weighted by Crippen LogP contribution is 2.28. The van der Waals surface area contributed by atoms with E-state index >= 15 is 0 Å². The largest absolute Gasteiger partial charge is 0.369 e. The van der Waals surface area contributed by atoms with Crippen LogP contribution in [0, 0.1) is 5.82 Å². The van der Waals surface area contributed by atoms with Gasteiger partial charge in [0.25, 0.3) is 5.91 Å². The minimum atomic E-state index is -0.355. The van der Waals surface area contributed by atoms with E-state index in [9.17, 15) is 9.18 Å². The van der Waals surface area contributed by atoms with E-state index in [0.29, 0.717) is 11.4 Å². The van der Waals surface area contributed by atoms with Gasteiger partial charge in [0.1, 0.15) is 11.5 Å². The number of rotatable bonds is 5. The predicted molar refractivity (Wildman–Crippen MR) is 116 cm³/mol. The molecule has 0 spiro atoms. The lowest BCUT2D eigenvalue weighted by Crippen LogP contribution is -2.45. The molecule has 2 N–H and O–H groups in total. The van der Waals surface area contributed by atoms with Crippen molar-refractivity contribution in [1.29, 1.82) is 0 Å². The molecule has 1 atom stereocenters. The Bertz CT molecular complexity index is 1010. The average molecular weight is 407 g/mol. The van der Waals surface area contributed by atoms with E-state index in [1.54, 1.807) is 6.07 Å². The van der Waals surface area contributed by atoms with Crippen LogP contribution in [0.1, 0.15) is 29.0 Å². The Kier molecular flexibility index (Phi) is 5.81. The fraction of sp³-hybridized carbons (Fsp3) is 0.304. The van der Waals surface area contributed by atoms with E-state index < -0.39 is 0 Å².